The Hall–Kier alpha value is -1.84. The van der Waals surface area contributed by atoms with E-state index in [-0.39, 0.29) is 5.56 Å². The Labute approximate surface area is 95.5 Å². The van der Waals surface area contributed by atoms with Gasteiger partial charge in [0.2, 0.25) is 6.17 Å². The van der Waals surface area contributed by atoms with E-state index in [1.165, 1.54) is 12.1 Å². The minimum atomic E-state index is -1.67. The second-order valence-corrected chi connectivity index (χ2v) is 3.40. The van der Waals surface area contributed by atoms with Gasteiger partial charge in [0, 0.05) is 5.56 Å². The molecule has 0 aliphatic rings. The second kappa shape index (κ2) is 4.57. The summed E-state index contributed by atoms with van der Waals surface area (Å²) in [4.78, 5) is 0. The molecule has 0 atom stereocenters. The lowest BCUT2D eigenvalue weighted by atomic mass is 10.0. The van der Waals surface area contributed by atoms with Gasteiger partial charge in [-0.15, -0.1) is 0 Å². The van der Waals surface area contributed by atoms with E-state index in [1.54, 1.807) is 18.2 Å². The lowest BCUT2D eigenvalue weighted by molar-refractivity contribution is 0.434. The third-order valence-corrected chi connectivity index (χ3v) is 2.30. The van der Waals surface area contributed by atoms with Crippen LogP contribution < -0.4 is 0 Å². The number of hydrogen-bond acceptors (Lipinski definition) is 0. The second-order valence-electron chi connectivity index (χ2n) is 3.40. The molecular weight excluding hydrogens is 232 g/mol. The van der Waals surface area contributed by atoms with Crippen molar-refractivity contribution in [2.75, 3.05) is 0 Å². The summed E-state index contributed by atoms with van der Waals surface area (Å²) in [5.74, 6) is -4.54. The molecule has 2 aromatic rings. The lowest BCUT2D eigenvalue weighted by Gasteiger charge is -2.09. The first-order valence-electron chi connectivity index (χ1n) is 4.83. The summed E-state index contributed by atoms with van der Waals surface area (Å²) in [7, 11) is 0. The zero-order valence-corrected chi connectivity index (χ0v) is 8.55. The summed E-state index contributed by atoms with van der Waals surface area (Å²) in [6.45, 7) is 0. The van der Waals surface area contributed by atoms with E-state index in [0.29, 0.717) is 6.07 Å². The minimum absolute atomic E-state index is 0.109. The van der Waals surface area contributed by atoms with Crippen LogP contribution in [0.25, 0.3) is 0 Å². The van der Waals surface area contributed by atoms with Gasteiger partial charge in [-0.2, -0.15) is 0 Å². The van der Waals surface area contributed by atoms with Crippen molar-refractivity contribution in [3.63, 3.8) is 0 Å². The van der Waals surface area contributed by atoms with Crippen molar-refractivity contribution in [1.82, 2.24) is 0 Å². The van der Waals surface area contributed by atoms with Gasteiger partial charge in [-0.1, -0.05) is 30.3 Å². The van der Waals surface area contributed by atoms with Crippen molar-refractivity contribution in [1.29, 1.82) is 0 Å². The standard InChI is InChI=1S/C13H7F4/c14-10-7-6-9(12(16)13(10)17)11(15)8-4-2-1-3-5-8/h1-7H. The fraction of sp³-hybridized carbons (Fsp3) is 0. The van der Waals surface area contributed by atoms with Crippen LogP contribution in [-0.2, 0) is 0 Å². The van der Waals surface area contributed by atoms with Crippen LogP contribution >= 0.6 is 0 Å². The first-order valence-corrected chi connectivity index (χ1v) is 4.83. The molecule has 0 heterocycles. The molecular formula is C13H7F4. The summed E-state index contributed by atoms with van der Waals surface area (Å²) in [6.07, 6.45) is -0.929. The summed E-state index contributed by atoms with van der Waals surface area (Å²) in [6, 6.07) is 9.18. The van der Waals surface area contributed by atoms with Crippen LogP contribution in [0.1, 0.15) is 11.1 Å². The number of rotatable bonds is 2. The van der Waals surface area contributed by atoms with E-state index < -0.39 is 29.2 Å². The molecule has 0 aromatic heterocycles. The molecule has 2 rings (SSSR count). The molecule has 1 radical (unpaired) electrons. The van der Waals surface area contributed by atoms with Gasteiger partial charge < -0.3 is 0 Å². The molecule has 0 unspecified atom stereocenters. The lowest BCUT2D eigenvalue weighted by Crippen LogP contribution is -2.02. The number of hydrogen-bond donors (Lipinski definition) is 0. The highest BCUT2D eigenvalue weighted by Gasteiger charge is 2.22. The predicted octanol–water partition coefficient (Wildman–Crippen LogP) is 4.00. The maximum Gasteiger partial charge on any atom is 0.206 e. The molecule has 0 aliphatic carbocycles. The van der Waals surface area contributed by atoms with Crippen molar-refractivity contribution in [3.8, 4) is 0 Å². The third kappa shape index (κ3) is 2.16. The molecule has 0 saturated heterocycles. The normalized spacial score (nSPS) is 10.9. The van der Waals surface area contributed by atoms with Crippen LogP contribution in [0.2, 0.25) is 0 Å². The molecule has 0 aliphatic heterocycles. The SMILES string of the molecule is F[C](c1ccccc1)c1ccc(F)c(F)c1F. The Kier molecular flexibility index (Phi) is 3.13. The van der Waals surface area contributed by atoms with Crippen LogP contribution in [0.5, 0.6) is 0 Å². The highest BCUT2D eigenvalue weighted by Crippen LogP contribution is 2.28. The van der Waals surface area contributed by atoms with Crippen LogP contribution in [0.4, 0.5) is 17.6 Å². The van der Waals surface area contributed by atoms with Crippen molar-refractivity contribution < 1.29 is 17.6 Å². The molecule has 4 heteroatoms. The summed E-state index contributed by atoms with van der Waals surface area (Å²) in [5, 5.41) is 0. The van der Waals surface area contributed by atoms with Crippen molar-refractivity contribution in [2.45, 2.75) is 0 Å². The Balaban J connectivity index is 2.45. The van der Waals surface area contributed by atoms with Crippen molar-refractivity contribution >= 4 is 0 Å². The third-order valence-electron chi connectivity index (χ3n) is 2.30. The largest absolute Gasteiger partial charge is 0.229 e. The van der Waals surface area contributed by atoms with Gasteiger partial charge in [-0.3, -0.25) is 0 Å². The van der Waals surface area contributed by atoms with Crippen LogP contribution in [0.15, 0.2) is 42.5 Å². The van der Waals surface area contributed by atoms with Gasteiger partial charge in [0.05, 0.1) is 0 Å². The molecule has 0 N–H and O–H groups in total. The van der Waals surface area contributed by atoms with Gasteiger partial charge in [0.25, 0.3) is 0 Å². The molecule has 0 fully saturated rings. The highest BCUT2D eigenvalue weighted by atomic mass is 19.2. The van der Waals surface area contributed by atoms with E-state index >= 15 is 0 Å². The average Bonchev–Trinajstić information content (AvgIpc) is 2.36. The Bertz CT molecular complexity index is 522. The monoisotopic (exact) mass is 239 g/mol. The van der Waals surface area contributed by atoms with Gasteiger partial charge in [0.1, 0.15) is 0 Å². The van der Waals surface area contributed by atoms with E-state index in [1.807, 2.05) is 0 Å². The predicted molar refractivity (Wildman–Crippen MR) is 55.3 cm³/mol. The summed E-state index contributed by atoms with van der Waals surface area (Å²) in [5.41, 5.74) is -0.479. The van der Waals surface area contributed by atoms with E-state index in [9.17, 15) is 17.6 Å². The molecule has 0 amide bonds. The maximum absolute atomic E-state index is 13.8. The zero-order valence-electron chi connectivity index (χ0n) is 8.55. The van der Waals surface area contributed by atoms with Gasteiger partial charge in [-0.25, -0.2) is 17.6 Å². The Morgan fingerprint density at radius 2 is 1.41 bits per heavy atom. The summed E-state index contributed by atoms with van der Waals surface area (Å²) < 4.78 is 52.8. The molecule has 0 saturated carbocycles. The maximum atomic E-state index is 13.8. The highest BCUT2D eigenvalue weighted by molar-refractivity contribution is 5.42. The van der Waals surface area contributed by atoms with Crippen LogP contribution in [-0.4, -0.2) is 0 Å². The van der Waals surface area contributed by atoms with Crippen LogP contribution in [0.3, 0.4) is 0 Å². The first kappa shape index (κ1) is 11.6. The fourth-order valence-electron chi connectivity index (χ4n) is 1.44. The topological polar surface area (TPSA) is 0 Å². The quantitative estimate of drug-likeness (QED) is 0.548. The van der Waals surface area contributed by atoms with Crippen molar-refractivity contribution in [2.24, 2.45) is 0 Å². The summed E-state index contributed by atoms with van der Waals surface area (Å²) >= 11 is 0. The van der Waals surface area contributed by atoms with E-state index in [2.05, 4.69) is 0 Å². The van der Waals surface area contributed by atoms with Gasteiger partial charge in [0.15, 0.2) is 17.5 Å². The fourth-order valence-corrected chi connectivity index (χ4v) is 1.44. The molecule has 0 nitrogen and oxygen atoms in total. The van der Waals surface area contributed by atoms with Crippen molar-refractivity contribution in [3.05, 3.63) is 77.2 Å². The van der Waals surface area contributed by atoms with E-state index in [0.717, 1.165) is 6.07 Å². The molecule has 17 heavy (non-hydrogen) atoms. The van der Waals surface area contributed by atoms with Crippen LogP contribution in [0, 0.1) is 23.6 Å². The molecule has 2 aromatic carbocycles. The minimum Gasteiger partial charge on any atom is -0.229 e. The Morgan fingerprint density at radius 1 is 0.765 bits per heavy atom. The Morgan fingerprint density at radius 3 is 2.06 bits per heavy atom. The molecule has 0 bridgehead atoms. The average molecular weight is 239 g/mol. The van der Waals surface area contributed by atoms with Gasteiger partial charge >= 0.3 is 0 Å². The number of halogens is 4. The number of benzene rings is 2. The zero-order chi connectivity index (χ0) is 12.4. The molecule has 0 spiro atoms. The molecule has 87 valence electrons. The van der Waals surface area contributed by atoms with Gasteiger partial charge in [-0.05, 0) is 17.7 Å². The van der Waals surface area contributed by atoms with E-state index in [4.69, 9.17) is 0 Å². The first-order chi connectivity index (χ1) is 8.11. The smallest absolute Gasteiger partial charge is 0.206 e.